The largest absolute Gasteiger partial charge is 0.492 e. The van der Waals surface area contributed by atoms with E-state index in [0.29, 0.717) is 17.9 Å². The molecule has 0 saturated carbocycles. The van der Waals surface area contributed by atoms with Crippen LogP contribution in [0.5, 0.6) is 5.75 Å². The fraction of sp³-hybridized carbons (Fsp3) is 0.143. The maximum Gasteiger partial charge on any atom is 0.335 e. The van der Waals surface area contributed by atoms with Gasteiger partial charge in [0.15, 0.2) is 0 Å². The van der Waals surface area contributed by atoms with Gasteiger partial charge in [0, 0.05) is 0 Å². The highest BCUT2D eigenvalue weighted by Crippen LogP contribution is 2.11. The summed E-state index contributed by atoms with van der Waals surface area (Å²) in [6.07, 6.45) is 2.79. The number of rotatable bonds is 6. The van der Waals surface area contributed by atoms with Crippen molar-refractivity contribution < 1.29 is 23.8 Å². The first kappa shape index (κ1) is 13.7. The number of carboxylic acids is 1. The minimum Gasteiger partial charge on any atom is -0.492 e. The Balaban J connectivity index is 1.73. The van der Waals surface area contributed by atoms with Gasteiger partial charge in [-0.1, -0.05) is 0 Å². The average Bonchev–Trinajstić information content (AvgIpc) is 2.98. The van der Waals surface area contributed by atoms with Gasteiger partial charge in [0.2, 0.25) is 0 Å². The normalized spacial score (nSPS) is 10.0. The second kappa shape index (κ2) is 6.42. The van der Waals surface area contributed by atoms with Crippen LogP contribution in [0.15, 0.2) is 47.3 Å². The molecule has 1 heterocycles. The van der Waals surface area contributed by atoms with Crippen LogP contribution in [0, 0.1) is 0 Å². The Morgan fingerprint density at radius 2 is 1.90 bits per heavy atom. The third kappa shape index (κ3) is 3.61. The SMILES string of the molecule is O=C(O)c1ccc(OCCNC(=O)c2ccoc2)cc1. The van der Waals surface area contributed by atoms with Crippen LogP contribution in [-0.4, -0.2) is 30.1 Å². The van der Waals surface area contributed by atoms with E-state index in [9.17, 15) is 9.59 Å². The van der Waals surface area contributed by atoms with E-state index in [-0.39, 0.29) is 18.1 Å². The maximum atomic E-state index is 11.5. The summed E-state index contributed by atoms with van der Waals surface area (Å²) < 4.78 is 10.2. The van der Waals surface area contributed by atoms with Crippen LogP contribution < -0.4 is 10.1 Å². The Labute approximate surface area is 115 Å². The fourth-order valence-corrected chi connectivity index (χ4v) is 1.52. The summed E-state index contributed by atoms with van der Waals surface area (Å²) >= 11 is 0. The summed E-state index contributed by atoms with van der Waals surface area (Å²) in [6.45, 7) is 0.626. The van der Waals surface area contributed by atoms with Gasteiger partial charge in [0.25, 0.3) is 5.91 Å². The van der Waals surface area contributed by atoms with Crippen LogP contribution in [0.2, 0.25) is 0 Å². The second-order valence-corrected chi connectivity index (χ2v) is 3.95. The van der Waals surface area contributed by atoms with Crippen molar-refractivity contribution >= 4 is 11.9 Å². The molecule has 20 heavy (non-hydrogen) atoms. The van der Waals surface area contributed by atoms with Crippen molar-refractivity contribution in [2.75, 3.05) is 13.2 Å². The van der Waals surface area contributed by atoms with Gasteiger partial charge < -0.3 is 19.6 Å². The van der Waals surface area contributed by atoms with E-state index in [1.807, 2.05) is 0 Å². The van der Waals surface area contributed by atoms with Crippen LogP contribution in [-0.2, 0) is 0 Å². The van der Waals surface area contributed by atoms with E-state index < -0.39 is 5.97 Å². The first-order valence-electron chi connectivity index (χ1n) is 5.93. The lowest BCUT2D eigenvalue weighted by Crippen LogP contribution is -2.27. The first-order chi connectivity index (χ1) is 9.66. The second-order valence-electron chi connectivity index (χ2n) is 3.95. The lowest BCUT2D eigenvalue weighted by Gasteiger charge is -2.07. The minimum absolute atomic E-state index is 0.200. The van der Waals surface area contributed by atoms with Crippen LogP contribution in [0.1, 0.15) is 20.7 Å². The molecular formula is C14H13NO5. The molecule has 0 aliphatic carbocycles. The zero-order valence-corrected chi connectivity index (χ0v) is 10.5. The summed E-state index contributed by atoms with van der Waals surface area (Å²) in [5, 5.41) is 11.4. The quantitative estimate of drug-likeness (QED) is 0.784. The van der Waals surface area contributed by atoms with Gasteiger partial charge in [0.05, 0.1) is 23.9 Å². The third-order valence-corrected chi connectivity index (χ3v) is 2.54. The Hall–Kier alpha value is -2.76. The highest BCUT2D eigenvalue weighted by molar-refractivity contribution is 5.93. The molecule has 1 aromatic carbocycles. The molecule has 0 aliphatic rings. The molecule has 1 aromatic heterocycles. The summed E-state index contributed by atoms with van der Waals surface area (Å²) in [7, 11) is 0. The Bertz CT molecular complexity index is 574. The van der Waals surface area contributed by atoms with Crippen molar-refractivity contribution in [3.63, 3.8) is 0 Å². The molecule has 0 fully saturated rings. The smallest absolute Gasteiger partial charge is 0.335 e. The molecule has 0 spiro atoms. The van der Waals surface area contributed by atoms with Crippen molar-refractivity contribution in [1.29, 1.82) is 0 Å². The number of furan rings is 1. The number of amides is 1. The number of benzene rings is 1. The fourth-order valence-electron chi connectivity index (χ4n) is 1.52. The topological polar surface area (TPSA) is 88.8 Å². The molecule has 104 valence electrons. The van der Waals surface area contributed by atoms with Gasteiger partial charge >= 0.3 is 5.97 Å². The molecule has 2 rings (SSSR count). The number of carbonyl (C=O) groups is 2. The molecule has 0 bridgehead atoms. The van der Waals surface area contributed by atoms with Crippen molar-refractivity contribution in [2.45, 2.75) is 0 Å². The molecule has 6 heteroatoms. The standard InChI is InChI=1S/C14H13NO5/c16-13(11-5-7-19-9-11)15-6-8-20-12-3-1-10(2-4-12)14(17)18/h1-5,7,9H,6,8H2,(H,15,16)(H,17,18). The number of nitrogens with one attached hydrogen (secondary N) is 1. The number of hydrogen-bond donors (Lipinski definition) is 2. The zero-order valence-electron chi connectivity index (χ0n) is 10.5. The molecule has 0 radical (unpaired) electrons. The summed E-state index contributed by atoms with van der Waals surface area (Å²) in [6, 6.07) is 7.63. The summed E-state index contributed by atoms with van der Waals surface area (Å²) in [5.41, 5.74) is 0.654. The van der Waals surface area contributed by atoms with Crippen LogP contribution >= 0.6 is 0 Å². The predicted octanol–water partition coefficient (Wildman–Crippen LogP) is 1.79. The Kier molecular flexibility index (Phi) is 4.39. The van der Waals surface area contributed by atoms with Crippen molar-refractivity contribution in [2.24, 2.45) is 0 Å². The van der Waals surface area contributed by atoms with Gasteiger partial charge in [-0.15, -0.1) is 0 Å². The van der Waals surface area contributed by atoms with Crippen molar-refractivity contribution in [3.05, 3.63) is 54.0 Å². The maximum absolute atomic E-state index is 11.5. The zero-order chi connectivity index (χ0) is 14.4. The molecule has 1 amide bonds. The number of ether oxygens (including phenoxy) is 1. The molecule has 0 aliphatic heterocycles. The van der Waals surface area contributed by atoms with Crippen LogP contribution in [0.4, 0.5) is 0 Å². The minimum atomic E-state index is -0.982. The van der Waals surface area contributed by atoms with Crippen molar-refractivity contribution in [1.82, 2.24) is 5.32 Å². The van der Waals surface area contributed by atoms with Gasteiger partial charge in [0.1, 0.15) is 18.6 Å². The molecule has 0 saturated heterocycles. The van der Waals surface area contributed by atoms with Gasteiger partial charge in [-0.2, -0.15) is 0 Å². The molecular weight excluding hydrogens is 262 g/mol. The molecule has 0 atom stereocenters. The third-order valence-electron chi connectivity index (χ3n) is 2.54. The van der Waals surface area contributed by atoms with Gasteiger partial charge in [-0.3, -0.25) is 4.79 Å². The van der Waals surface area contributed by atoms with Crippen LogP contribution in [0.3, 0.4) is 0 Å². The van der Waals surface area contributed by atoms with Gasteiger partial charge in [-0.25, -0.2) is 4.79 Å². The highest BCUT2D eigenvalue weighted by Gasteiger charge is 2.06. The number of hydrogen-bond acceptors (Lipinski definition) is 4. The lowest BCUT2D eigenvalue weighted by molar-refractivity contribution is 0.0696. The Morgan fingerprint density at radius 1 is 1.15 bits per heavy atom. The van der Waals surface area contributed by atoms with Crippen LogP contribution in [0.25, 0.3) is 0 Å². The van der Waals surface area contributed by atoms with Crippen molar-refractivity contribution in [3.8, 4) is 5.75 Å². The highest BCUT2D eigenvalue weighted by atomic mass is 16.5. The Morgan fingerprint density at radius 3 is 2.50 bits per heavy atom. The van der Waals surface area contributed by atoms with E-state index in [1.165, 1.54) is 24.7 Å². The summed E-state index contributed by atoms with van der Waals surface area (Å²) in [5.74, 6) is -0.667. The lowest BCUT2D eigenvalue weighted by atomic mass is 10.2. The number of carbonyl (C=O) groups excluding carboxylic acids is 1. The molecule has 2 N–H and O–H groups in total. The van der Waals surface area contributed by atoms with E-state index in [2.05, 4.69) is 5.32 Å². The molecule has 0 unspecified atom stereocenters. The van der Waals surface area contributed by atoms with Gasteiger partial charge in [-0.05, 0) is 30.3 Å². The van der Waals surface area contributed by atoms with E-state index in [1.54, 1.807) is 18.2 Å². The summed E-state index contributed by atoms with van der Waals surface area (Å²) in [4.78, 5) is 22.2. The van der Waals surface area contributed by atoms with E-state index >= 15 is 0 Å². The average molecular weight is 275 g/mol. The predicted molar refractivity (Wildman–Crippen MR) is 69.9 cm³/mol. The molecule has 6 nitrogen and oxygen atoms in total. The number of aromatic carboxylic acids is 1. The monoisotopic (exact) mass is 275 g/mol. The molecule has 2 aromatic rings. The van der Waals surface area contributed by atoms with E-state index in [0.717, 1.165) is 0 Å². The van der Waals surface area contributed by atoms with E-state index in [4.69, 9.17) is 14.3 Å². The number of carboxylic acid groups (broad SMARTS) is 1. The first-order valence-corrected chi connectivity index (χ1v) is 5.93.